The van der Waals surface area contributed by atoms with Crippen molar-refractivity contribution in [2.45, 2.75) is 30.8 Å². The number of thioether (sulfide) groups is 1. The van der Waals surface area contributed by atoms with Gasteiger partial charge in [-0.25, -0.2) is 9.36 Å². The van der Waals surface area contributed by atoms with Crippen LogP contribution in [-0.2, 0) is 11.3 Å². The number of aromatic hydroxyl groups is 1. The third-order valence-electron chi connectivity index (χ3n) is 4.24. The van der Waals surface area contributed by atoms with E-state index in [0.29, 0.717) is 11.3 Å². The smallest absolute Gasteiger partial charge is 0.446 e. The van der Waals surface area contributed by atoms with E-state index in [-0.39, 0.29) is 46.4 Å². The zero-order valence-corrected chi connectivity index (χ0v) is 16.7. The van der Waals surface area contributed by atoms with Crippen molar-refractivity contribution in [1.29, 1.82) is 0 Å². The average Bonchev–Trinajstić information content (AvgIpc) is 2.86. The fourth-order valence-electron chi connectivity index (χ4n) is 2.89. The van der Waals surface area contributed by atoms with Crippen LogP contribution in [0.15, 0.2) is 52.4 Å². The average molecular weight is 438 g/mol. The Morgan fingerprint density at radius 2 is 1.90 bits per heavy atom. The number of nitrogens with zero attached hydrogens (tertiary/aromatic N) is 3. The molecule has 0 fully saturated rings. The lowest BCUT2D eigenvalue weighted by Gasteiger charge is -2.10. The molecular weight excluding hydrogens is 421 g/mol. The van der Waals surface area contributed by atoms with Gasteiger partial charge in [0.2, 0.25) is 11.8 Å². The van der Waals surface area contributed by atoms with Crippen molar-refractivity contribution in [2.24, 2.45) is 0 Å². The molecule has 0 aliphatic rings. The van der Waals surface area contributed by atoms with Crippen LogP contribution in [0.2, 0.25) is 0 Å². The molecule has 0 aliphatic heterocycles. The van der Waals surface area contributed by atoms with Crippen molar-refractivity contribution in [3.8, 4) is 11.6 Å². The van der Waals surface area contributed by atoms with Crippen molar-refractivity contribution in [1.82, 2.24) is 14.1 Å². The molecule has 0 bridgehead atoms. The molecular formula is C19H17F3N4O3S. The van der Waals surface area contributed by atoms with Crippen molar-refractivity contribution in [2.75, 3.05) is 5.32 Å². The highest BCUT2D eigenvalue weighted by Crippen LogP contribution is 2.37. The molecule has 2 N–H and O–H groups in total. The lowest BCUT2D eigenvalue weighted by molar-refractivity contribution is -0.114. The Bertz CT molecular complexity index is 1140. The van der Waals surface area contributed by atoms with Crippen LogP contribution in [-0.4, -0.2) is 30.6 Å². The van der Waals surface area contributed by atoms with E-state index in [1.54, 1.807) is 13.0 Å². The van der Waals surface area contributed by atoms with Crippen LogP contribution >= 0.6 is 11.8 Å². The summed E-state index contributed by atoms with van der Waals surface area (Å²) in [6, 6.07) is 6.74. The zero-order valence-electron chi connectivity index (χ0n) is 15.9. The number of imidazole rings is 1. The number of nitrogens with one attached hydrogen (secondary N) is 1. The fourth-order valence-corrected chi connectivity index (χ4v) is 3.43. The molecule has 0 aliphatic carbocycles. The minimum Gasteiger partial charge on any atom is -0.493 e. The largest absolute Gasteiger partial charge is 0.493 e. The minimum atomic E-state index is -4.42. The molecule has 3 rings (SSSR count). The predicted octanol–water partition coefficient (Wildman–Crippen LogP) is 3.67. The predicted molar refractivity (Wildman–Crippen MR) is 106 cm³/mol. The van der Waals surface area contributed by atoms with Crippen LogP contribution in [0.4, 0.5) is 18.9 Å². The summed E-state index contributed by atoms with van der Waals surface area (Å²) in [5, 5.41) is 13.1. The molecule has 0 atom stereocenters. The molecule has 7 nitrogen and oxygen atoms in total. The summed E-state index contributed by atoms with van der Waals surface area (Å²) >= 11 is -0.266. The first-order chi connectivity index (χ1) is 14.1. The number of hydrogen-bond donors (Lipinski definition) is 2. The first kappa shape index (κ1) is 21.5. The molecule has 11 heteroatoms. The molecule has 0 saturated heterocycles. The zero-order chi connectivity index (χ0) is 22.1. The van der Waals surface area contributed by atoms with Gasteiger partial charge in [0.25, 0.3) is 0 Å². The molecule has 3 aromatic rings. The van der Waals surface area contributed by atoms with Gasteiger partial charge in [-0.1, -0.05) is 0 Å². The van der Waals surface area contributed by atoms with Crippen LogP contribution in [0.1, 0.15) is 18.2 Å². The van der Waals surface area contributed by atoms with Gasteiger partial charge < -0.3 is 10.4 Å². The van der Waals surface area contributed by atoms with E-state index in [1.807, 2.05) is 0 Å². The number of rotatable bonds is 5. The maximum absolute atomic E-state index is 12.9. The van der Waals surface area contributed by atoms with Crippen molar-refractivity contribution in [3.05, 3.63) is 64.5 Å². The molecule has 30 heavy (non-hydrogen) atoms. The van der Waals surface area contributed by atoms with Gasteiger partial charge >= 0.3 is 11.2 Å². The van der Waals surface area contributed by atoms with Crippen molar-refractivity contribution in [3.63, 3.8) is 0 Å². The number of amides is 1. The van der Waals surface area contributed by atoms with E-state index in [0.717, 1.165) is 4.57 Å². The summed E-state index contributed by atoms with van der Waals surface area (Å²) in [7, 11) is 0. The molecule has 1 amide bonds. The minimum absolute atomic E-state index is 0.0355. The van der Waals surface area contributed by atoms with Gasteiger partial charge in [-0.2, -0.15) is 13.2 Å². The Kier molecular flexibility index (Phi) is 5.92. The molecule has 0 radical (unpaired) electrons. The Labute approximate surface area is 173 Å². The van der Waals surface area contributed by atoms with Gasteiger partial charge in [-0.05, 0) is 54.6 Å². The van der Waals surface area contributed by atoms with E-state index < -0.39 is 11.2 Å². The number of halogens is 3. The van der Waals surface area contributed by atoms with Crippen LogP contribution in [0, 0.1) is 6.92 Å². The SMILES string of the molecule is CC(=O)Nc1cnccc1Cn1c(C)c(O)n(-c2ccc(SC(F)(F)F)cc2)c1=O. The number of carbonyl (C=O) groups is 1. The number of hydrogen-bond acceptors (Lipinski definition) is 5. The van der Waals surface area contributed by atoms with Gasteiger partial charge in [-0.15, -0.1) is 0 Å². The topological polar surface area (TPSA) is 89.2 Å². The second kappa shape index (κ2) is 8.27. The van der Waals surface area contributed by atoms with Crippen LogP contribution in [0.5, 0.6) is 5.88 Å². The van der Waals surface area contributed by atoms with Gasteiger partial charge in [0.05, 0.1) is 29.8 Å². The summed E-state index contributed by atoms with van der Waals surface area (Å²) in [5.41, 5.74) is -3.48. The van der Waals surface area contributed by atoms with Gasteiger partial charge in [-0.3, -0.25) is 14.3 Å². The van der Waals surface area contributed by atoms with Gasteiger partial charge in [0.1, 0.15) is 0 Å². The molecule has 1 aromatic carbocycles. The van der Waals surface area contributed by atoms with E-state index in [1.165, 1.54) is 48.1 Å². The summed E-state index contributed by atoms with van der Waals surface area (Å²) in [5.74, 6) is -0.628. The number of benzene rings is 1. The normalized spacial score (nSPS) is 11.5. The maximum Gasteiger partial charge on any atom is 0.446 e. The monoisotopic (exact) mass is 438 g/mol. The number of pyridine rings is 1. The molecule has 158 valence electrons. The van der Waals surface area contributed by atoms with E-state index >= 15 is 0 Å². The Morgan fingerprint density at radius 1 is 1.23 bits per heavy atom. The molecule has 2 aromatic heterocycles. The summed E-state index contributed by atoms with van der Waals surface area (Å²) in [6.45, 7) is 2.93. The highest BCUT2D eigenvalue weighted by molar-refractivity contribution is 8.00. The highest BCUT2D eigenvalue weighted by Gasteiger charge is 2.29. The first-order valence-electron chi connectivity index (χ1n) is 8.64. The Balaban J connectivity index is 1.97. The van der Waals surface area contributed by atoms with Crippen molar-refractivity contribution < 1.29 is 23.1 Å². The number of carbonyl (C=O) groups excluding carboxylic acids is 1. The second-order valence-corrected chi connectivity index (χ2v) is 7.51. The number of alkyl halides is 3. The number of anilines is 1. The summed E-state index contributed by atoms with van der Waals surface area (Å²) < 4.78 is 39.8. The summed E-state index contributed by atoms with van der Waals surface area (Å²) in [4.78, 5) is 28.2. The van der Waals surface area contributed by atoms with E-state index in [2.05, 4.69) is 10.3 Å². The maximum atomic E-state index is 12.9. The molecule has 2 heterocycles. The third kappa shape index (κ3) is 4.67. The van der Waals surface area contributed by atoms with E-state index in [4.69, 9.17) is 0 Å². The van der Waals surface area contributed by atoms with E-state index in [9.17, 15) is 27.9 Å². The Hall–Kier alpha value is -3.21. The van der Waals surface area contributed by atoms with Crippen molar-refractivity contribution >= 4 is 23.4 Å². The van der Waals surface area contributed by atoms with Crippen LogP contribution < -0.4 is 11.0 Å². The summed E-state index contributed by atoms with van der Waals surface area (Å²) in [6.07, 6.45) is 2.96. The fraction of sp³-hybridized carbons (Fsp3) is 0.211. The third-order valence-corrected chi connectivity index (χ3v) is 4.98. The Morgan fingerprint density at radius 3 is 2.50 bits per heavy atom. The van der Waals surface area contributed by atoms with Gasteiger partial charge in [0, 0.05) is 18.0 Å². The molecule has 0 spiro atoms. The lowest BCUT2D eigenvalue weighted by atomic mass is 10.2. The number of aromatic nitrogens is 3. The first-order valence-corrected chi connectivity index (χ1v) is 9.46. The van der Waals surface area contributed by atoms with Crippen LogP contribution in [0.25, 0.3) is 5.69 Å². The standard InChI is InChI=1S/C19H17F3N4O3S/c1-11-17(28)26(14-3-5-15(6-4-14)30-19(20,21)22)18(29)25(11)10-13-7-8-23-9-16(13)24-12(2)27/h3-9,28H,10H2,1-2H3,(H,24,27). The molecule has 0 saturated carbocycles. The van der Waals surface area contributed by atoms with Crippen LogP contribution in [0.3, 0.4) is 0 Å². The highest BCUT2D eigenvalue weighted by atomic mass is 32.2. The quantitative estimate of drug-likeness (QED) is 0.594. The van der Waals surface area contributed by atoms with Gasteiger partial charge in [0.15, 0.2) is 0 Å². The second-order valence-electron chi connectivity index (χ2n) is 6.37. The lowest BCUT2D eigenvalue weighted by Crippen LogP contribution is -2.25. The molecule has 0 unspecified atom stereocenters.